The maximum atomic E-state index is 10.8. The minimum absolute atomic E-state index is 0.0147. The Morgan fingerprint density at radius 3 is 2.64 bits per heavy atom. The van der Waals surface area contributed by atoms with Crippen LogP contribution in [-0.4, -0.2) is 31.7 Å². The van der Waals surface area contributed by atoms with Crippen LogP contribution in [0.3, 0.4) is 0 Å². The summed E-state index contributed by atoms with van der Waals surface area (Å²) in [6, 6.07) is 0. The Morgan fingerprint density at radius 2 is 2.27 bits per heavy atom. The molecule has 1 heterocycles. The fourth-order valence-corrected chi connectivity index (χ4v) is 3.14. The Morgan fingerprint density at radius 1 is 1.64 bits per heavy atom. The zero-order valence-corrected chi connectivity index (χ0v) is 6.80. The SMILES string of the molecule is O=C(O)CC1CCS([O-])([O-])C1. The molecule has 4 nitrogen and oxygen atoms in total. The van der Waals surface area contributed by atoms with Crippen LogP contribution in [0.2, 0.25) is 0 Å². The quantitative estimate of drug-likeness (QED) is 0.669. The molecule has 0 aliphatic carbocycles. The summed E-state index contributed by atoms with van der Waals surface area (Å²) in [6.07, 6.45) is 0.494. The predicted molar refractivity (Wildman–Crippen MR) is 39.2 cm³/mol. The highest BCUT2D eigenvalue weighted by atomic mass is 32.3. The van der Waals surface area contributed by atoms with Gasteiger partial charge in [-0.1, -0.05) is 0 Å². The molecule has 1 fully saturated rings. The van der Waals surface area contributed by atoms with Crippen molar-refractivity contribution in [3.05, 3.63) is 0 Å². The zero-order valence-electron chi connectivity index (χ0n) is 5.99. The van der Waals surface area contributed by atoms with E-state index in [-0.39, 0.29) is 23.8 Å². The summed E-state index contributed by atoms with van der Waals surface area (Å²) >= 11 is 0. The van der Waals surface area contributed by atoms with Gasteiger partial charge in [-0.3, -0.25) is 4.79 Å². The Kier molecular flexibility index (Phi) is 2.41. The summed E-state index contributed by atoms with van der Waals surface area (Å²) in [5.74, 6) is -0.853. The van der Waals surface area contributed by atoms with Gasteiger partial charge in [0.05, 0.1) is 0 Å². The first kappa shape index (κ1) is 8.83. The van der Waals surface area contributed by atoms with Gasteiger partial charge in [-0.15, -0.1) is 0 Å². The lowest BCUT2D eigenvalue weighted by Gasteiger charge is -2.57. The molecule has 1 saturated heterocycles. The molecular formula is C6H10O4S-2. The molecule has 1 N–H and O–H groups in total. The van der Waals surface area contributed by atoms with Crippen LogP contribution in [0.25, 0.3) is 0 Å². The summed E-state index contributed by atoms with van der Waals surface area (Å²) < 4.78 is 21.7. The average Bonchev–Trinajstić information content (AvgIpc) is 2.08. The summed E-state index contributed by atoms with van der Waals surface area (Å²) in [4.78, 5) is 10.2. The zero-order chi connectivity index (χ0) is 8.48. The van der Waals surface area contributed by atoms with Crippen molar-refractivity contribution < 1.29 is 19.0 Å². The van der Waals surface area contributed by atoms with Gasteiger partial charge < -0.3 is 24.8 Å². The standard InChI is InChI=1S/C6H12O4S/c7-6(8)3-5-1-2-11(9,10)4-5/h5,9-10H,1-4H2,(H,7,8)/p-2. The van der Waals surface area contributed by atoms with Gasteiger partial charge in [0.2, 0.25) is 0 Å². The lowest BCUT2D eigenvalue weighted by atomic mass is 10.1. The third-order valence-corrected chi connectivity index (χ3v) is 3.63. The van der Waals surface area contributed by atoms with Crippen molar-refractivity contribution in [2.75, 3.05) is 11.5 Å². The van der Waals surface area contributed by atoms with Crippen LogP contribution >= 0.6 is 10.6 Å². The first-order valence-electron chi connectivity index (χ1n) is 3.42. The van der Waals surface area contributed by atoms with Crippen molar-refractivity contribution in [1.29, 1.82) is 0 Å². The highest BCUT2D eigenvalue weighted by molar-refractivity contribution is 8.24. The van der Waals surface area contributed by atoms with Crippen LogP contribution in [0.15, 0.2) is 0 Å². The van der Waals surface area contributed by atoms with Gasteiger partial charge >= 0.3 is 5.97 Å². The highest BCUT2D eigenvalue weighted by Gasteiger charge is 2.20. The monoisotopic (exact) mass is 178 g/mol. The normalized spacial score (nSPS) is 31.6. The molecule has 0 spiro atoms. The number of aliphatic carboxylic acids is 1. The van der Waals surface area contributed by atoms with Crippen molar-refractivity contribution in [2.45, 2.75) is 12.8 Å². The fourth-order valence-electron chi connectivity index (χ4n) is 1.28. The summed E-state index contributed by atoms with van der Waals surface area (Å²) in [5, 5.41) is 8.35. The molecule has 0 bridgehead atoms. The van der Waals surface area contributed by atoms with E-state index >= 15 is 0 Å². The molecular weight excluding hydrogens is 168 g/mol. The van der Waals surface area contributed by atoms with E-state index in [1.54, 1.807) is 0 Å². The Balaban J connectivity index is 2.36. The van der Waals surface area contributed by atoms with E-state index < -0.39 is 16.6 Å². The molecule has 0 aromatic rings. The Labute approximate surface area is 66.6 Å². The maximum Gasteiger partial charge on any atom is 0.303 e. The highest BCUT2D eigenvalue weighted by Crippen LogP contribution is 2.48. The molecule has 0 aromatic carbocycles. The molecule has 1 aliphatic rings. The average molecular weight is 178 g/mol. The first-order valence-corrected chi connectivity index (χ1v) is 5.24. The van der Waals surface area contributed by atoms with Crippen LogP contribution in [-0.2, 0) is 4.79 Å². The van der Waals surface area contributed by atoms with Crippen LogP contribution in [0.4, 0.5) is 0 Å². The van der Waals surface area contributed by atoms with E-state index in [0.717, 1.165) is 0 Å². The van der Waals surface area contributed by atoms with E-state index in [9.17, 15) is 13.9 Å². The summed E-state index contributed by atoms with van der Waals surface area (Å²) in [5.41, 5.74) is 0. The molecule has 0 saturated carbocycles. The number of rotatable bonds is 2. The first-order chi connectivity index (χ1) is 4.99. The van der Waals surface area contributed by atoms with Crippen LogP contribution in [0, 0.1) is 5.92 Å². The maximum absolute atomic E-state index is 10.8. The van der Waals surface area contributed by atoms with Gasteiger partial charge in [0.25, 0.3) is 0 Å². The largest absolute Gasteiger partial charge is 0.800 e. The van der Waals surface area contributed by atoms with E-state index in [1.807, 2.05) is 0 Å². The van der Waals surface area contributed by atoms with Crippen molar-refractivity contribution in [2.24, 2.45) is 5.92 Å². The molecule has 1 aliphatic heterocycles. The molecule has 5 heteroatoms. The Hall–Kier alpha value is -0.260. The van der Waals surface area contributed by atoms with Crippen molar-refractivity contribution >= 4 is 16.6 Å². The van der Waals surface area contributed by atoms with Crippen LogP contribution < -0.4 is 0 Å². The number of carboxylic acids is 1. The van der Waals surface area contributed by atoms with Gasteiger partial charge in [-0.25, -0.2) is 0 Å². The fraction of sp³-hybridized carbons (Fsp3) is 0.833. The minimum Gasteiger partial charge on any atom is -0.800 e. The topological polar surface area (TPSA) is 83.4 Å². The molecule has 66 valence electrons. The molecule has 1 atom stereocenters. The molecule has 1 unspecified atom stereocenters. The molecule has 0 amide bonds. The summed E-state index contributed by atoms with van der Waals surface area (Å²) in [7, 11) is -2.90. The number of hydrogen-bond donors (Lipinski definition) is 1. The second kappa shape index (κ2) is 3.00. The smallest absolute Gasteiger partial charge is 0.303 e. The molecule has 0 aromatic heterocycles. The van der Waals surface area contributed by atoms with Crippen LogP contribution in [0.5, 0.6) is 0 Å². The third kappa shape index (κ3) is 2.69. The number of sulfone groups is 1. The van der Waals surface area contributed by atoms with Gasteiger partial charge in [-0.2, -0.15) is 0 Å². The number of carbonyl (C=O) groups is 1. The van der Waals surface area contributed by atoms with E-state index in [1.165, 1.54) is 0 Å². The predicted octanol–water partition coefficient (Wildman–Crippen LogP) is 0.546. The van der Waals surface area contributed by atoms with Gasteiger partial charge in [-0.05, 0) is 23.8 Å². The number of carboxylic acid groups (broad SMARTS) is 1. The summed E-state index contributed by atoms with van der Waals surface area (Å²) in [6.45, 7) is 0. The van der Waals surface area contributed by atoms with Crippen molar-refractivity contribution in [3.63, 3.8) is 0 Å². The van der Waals surface area contributed by atoms with E-state index in [4.69, 9.17) is 5.11 Å². The van der Waals surface area contributed by atoms with Gasteiger partial charge in [0.15, 0.2) is 0 Å². The van der Waals surface area contributed by atoms with Crippen molar-refractivity contribution in [1.82, 2.24) is 0 Å². The van der Waals surface area contributed by atoms with E-state index in [2.05, 4.69) is 0 Å². The second-order valence-corrected chi connectivity index (χ2v) is 5.10. The van der Waals surface area contributed by atoms with Crippen LogP contribution in [0.1, 0.15) is 12.8 Å². The lowest BCUT2D eigenvalue weighted by molar-refractivity contribution is -0.137. The van der Waals surface area contributed by atoms with Crippen molar-refractivity contribution in [3.8, 4) is 0 Å². The lowest BCUT2D eigenvalue weighted by Crippen LogP contribution is -2.08. The Bertz CT molecular complexity index is 168. The number of hydrogen-bond acceptors (Lipinski definition) is 3. The van der Waals surface area contributed by atoms with E-state index in [0.29, 0.717) is 6.42 Å². The van der Waals surface area contributed by atoms with Gasteiger partial charge in [0, 0.05) is 6.42 Å². The second-order valence-electron chi connectivity index (χ2n) is 2.87. The molecule has 0 radical (unpaired) electrons. The molecule has 1 rings (SSSR count). The van der Waals surface area contributed by atoms with Gasteiger partial charge in [0.1, 0.15) is 0 Å². The third-order valence-electron chi connectivity index (χ3n) is 1.79. The molecule has 11 heavy (non-hydrogen) atoms. The minimum atomic E-state index is -2.90.